The molecule has 0 amide bonds. The number of halogens is 1. The van der Waals surface area contributed by atoms with Crippen LogP contribution in [0.2, 0.25) is 0 Å². The molecule has 0 spiro atoms. The van der Waals surface area contributed by atoms with Gasteiger partial charge in [0.05, 0.1) is 0 Å². The molecule has 1 aliphatic rings. The van der Waals surface area contributed by atoms with Gasteiger partial charge in [0.2, 0.25) is 10.0 Å². The molecule has 94 valence electrons. The van der Waals surface area contributed by atoms with Gasteiger partial charge in [-0.05, 0) is 48.7 Å². The van der Waals surface area contributed by atoms with Gasteiger partial charge in [-0.15, -0.1) is 0 Å². The van der Waals surface area contributed by atoms with Crippen molar-refractivity contribution in [3.05, 3.63) is 22.9 Å². The van der Waals surface area contributed by atoms with Gasteiger partial charge in [-0.1, -0.05) is 0 Å². The number of pyridine rings is 1. The second-order valence-electron chi connectivity index (χ2n) is 4.83. The molecule has 0 aliphatic carbocycles. The zero-order chi connectivity index (χ0) is 12.7. The molecule has 17 heavy (non-hydrogen) atoms. The van der Waals surface area contributed by atoms with E-state index in [1.807, 2.05) is 13.8 Å². The Labute approximate surface area is 110 Å². The monoisotopic (exact) mass is 318 g/mol. The van der Waals surface area contributed by atoms with E-state index < -0.39 is 10.0 Å². The number of rotatable bonds is 2. The fourth-order valence-electron chi connectivity index (χ4n) is 2.19. The molecule has 1 fully saturated rings. The van der Waals surface area contributed by atoms with E-state index in [2.05, 4.69) is 20.9 Å². The van der Waals surface area contributed by atoms with Gasteiger partial charge in [-0.2, -0.15) is 4.31 Å². The molecular weight excluding hydrogens is 304 g/mol. The lowest BCUT2D eigenvalue weighted by atomic mass is 10.0. The van der Waals surface area contributed by atoms with E-state index in [-0.39, 0.29) is 10.4 Å². The Morgan fingerprint density at radius 1 is 1.41 bits per heavy atom. The zero-order valence-corrected chi connectivity index (χ0v) is 12.3. The molecule has 0 unspecified atom stereocenters. The van der Waals surface area contributed by atoms with Crippen molar-refractivity contribution < 1.29 is 8.42 Å². The van der Waals surface area contributed by atoms with Crippen LogP contribution in [0, 0.1) is 0 Å². The Morgan fingerprint density at radius 2 is 2.12 bits per heavy atom. The Kier molecular flexibility index (Phi) is 3.31. The predicted molar refractivity (Wildman–Crippen MR) is 69.1 cm³/mol. The highest BCUT2D eigenvalue weighted by Gasteiger charge is 2.40. The average Bonchev–Trinajstić information content (AvgIpc) is 2.58. The van der Waals surface area contributed by atoms with Crippen LogP contribution in [-0.2, 0) is 10.0 Å². The summed E-state index contributed by atoms with van der Waals surface area (Å²) in [4.78, 5) is 4.17. The Morgan fingerprint density at radius 3 is 2.65 bits per heavy atom. The van der Waals surface area contributed by atoms with Crippen molar-refractivity contribution in [2.75, 3.05) is 6.54 Å². The molecule has 0 radical (unpaired) electrons. The van der Waals surface area contributed by atoms with Gasteiger partial charge in [-0.25, -0.2) is 8.42 Å². The van der Waals surface area contributed by atoms with E-state index in [0.29, 0.717) is 11.0 Å². The number of hydrogen-bond donors (Lipinski definition) is 0. The van der Waals surface area contributed by atoms with Gasteiger partial charge in [0, 0.05) is 29.0 Å². The largest absolute Gasteiger partial charge is 0.262 e. The van der Waals surface area contributed by atoms with Gasteiger partial charge in [0.1, 0.15) is 4.90 Å². The first-order chi connectivity index (χ1) is 7.84. The van der Waals surface area contributed by atoms with E-state index in [0.717, 1.165) is 12.8 Å². The average molecular weight is 319 g/mol. The Hall–Kier alpha value is -0.460. The standard InChI is InChI=1S/C11H15BrN2O2S/c1-11(2)4-3-5-14(11)17(15,16)10-6-9(12)7-13-8-10/h6-8H,3-5H2,1-2H3. The summed E-state index contributed by atoms with van der Waals surface area (Å²) < 4.78 is 27.2. The highest BCUT2D eigenvalue weighted by atomic mass is 79.9. The molecule has 0 bridgehead atoms. The molecule has 1 aliphatic heterocycles. The van der Waals surface area contributed by atoms with Crippen LogP contribution in [0.15, 0.2) is 27.8 Å². The quantitative estimate of drug-likeness (QED) is 0.841. The molecular formula is C11H15BrN2O2S. The maximum atomic E-state index is 12.5. The molecule has 1 saturated heterocycles. The first-order valence-electron chi connectivity index (χ1n) is 5.47. The molecule has 2 heterocycles. The number of hydrogen-bond acceptors (Lipinski definition) is 3. The van der Waals surface area contributed by atoms with E-state index >= 15 is 0 Å². The fraction of sp³-hybridized carbons (Fsp3) is 0.545. The van der Waals surface area contributed by atoms with Crippen molar-refractivity contribution in [1.82, 2.24) is 9.29 Å². The normalized spacial score (nSPS) is 20.6. The smallest absolute Gasteiger partial charge is 0.245 e. The third-order valence-electron chi connectivity index (χ3n) is 3.09. The van der Waals surface area contributed by atoms with Crippen molar-refractivity contribution in [1.29, 1.82) is 0 Å². The summed E-state index contributed by atoms with van der Waals surface area (Å²) in [5.74, 6) is 0. The summed E-state index contributed by atoms with van der Waals surface area (Å²) in [5.41, 5.74) is -0.304. The topological polar surface area (TPSA) is 50.3 Å². The summed E-state index contributed by atoms with van der Waals surface area (Å²) in [5, 5.41) is 0. The van der Waals surface area contributed by atoms with Crippen LogP contribution in [0.5, 0.6) is 0 Å². The number of aromatic nitrogens is 1. The first-order valence-corrected chi connectivity index (χ1v) is 7.71. The van der Waals surface area contributed by atoms with E-state index in [9.17, 15) is 8.42 Å². The minimum atomic E-state index is -3.43. The predicted octanol–water partition coefficient (Wildman–Crippen LogP) is 2.41. The first kappa shape index (κ1) is 13.0. The zero-order valence-electron chi connectivity index (χ0n) is 9.85. The van der Waals surface area contributed by atoms with Gasteiger partial charge >= 0.3 is 0 Å². The molecule has 0 saturated carbocycles. The van der Waals surface area contributed by atoms with Gasteiger partial charge in [0.15, 0.2) is 0 Å². The van der Waals surface area contributed by atoms with Crippen molar-refractivity contribution >= 4 is 26.0 Å². The molecule has 2 rings (SSSR count). The maximum Gasteiger partial charge on any atom is 0.245 e. The van der Waals surface area contributed by atoms with Crippen LogP contribution in [0.3, 0.4) is 0 Å². The van der Waals surface area contributed by atoms with Crippen molar-refractivity contribution in [3.8, 4) is 0 Å². The molecule has 0 aromatic carbocycles. The third-order valence-corrected chi connectivity index (χ3v) is 5.60. The van der Waals surface area contributed by atoms with Crippen LogP contribution in [0.1, 0.15) is 26.7 Å². The minimum Gasteiger partial charge on any atom is -0.262 e. The maximum absolute atomic E-state index is 12.5. The van der Waals surface area contributed by atoms with Crippen molar-refractivity contribution in [3.63, 3.8) is 0 Å². The molecule has 1 aromatic heterocycles. The molecule has 0 N–H and O–H groups in total. The highest BCUT2D eigenvalue weighted by Crippen LogP contribution is 2.34. The number of nitrogens with zero attached hydrogens (tertiary/aromatic N) is 2. The highest BCUT2D eigenvalue weighted by molar-refractivity contribution is 9.10. The summed E-state index contributed by atoms with van der Waals surface area (Å²) in [6.45, 7) is 4.51. The van der Waals surface area contributed by atoms with E-state index in [1.165, 1.54) is 6.20 Å². The second kappa shape index (κ2) is 4.33. The number of sulfonamides is 1. The molecule has 4 nitrogen and oxygen atoms in total. The second-order valence-corrected chi connectivity index (χ2v) is 7.61. The van der Waals surface area contributed by atoms with Crippen LogP contribution in [-0.4, -0.2) is 29.8 Å². The van der Waals surface area contributed by atoms with E-state index in [4.69, 9.17) is 0 Å². The van der Waals surface area contributed by atoms with Crippen LogP contribution >= 0.6 is 15.9 Å². The Balaban J connectivity index is 2.44. The summed E-state index contributed by atoms with van der Waals surface area (Å²) in [6.07, 6.45) is 4.78. The van der Waals surface area contributed by atoms with Crippen LogP contribution in [0.4, 0.5) is 0 Å². The van der Waals surface area contributed by atoms with Crippen molar-refractivity contribution in [2.45, 2.75) is 37.1 Å². The van der Waals surface area contributed by atoms with E-state index in [1.54, 1.807) is 16.6 Å². The lowest BCUT2D eigenvalue weighted by molar-refractivity contribution is 0.291. The summed E-state index contributed by atoms with van der Waals surface area (Å²) >= 11 is 3.25. The molecule has 6 heteroatoms. The fourth-order valence-corrected chi connectivity index (χ4v) is 4.54. The Bertz CT molecular complexity index is 528. The van der Waals surface area contributed by atoms with Crippen LogP contribution in [0.25, 0.3) is 0 Å². The SMILES string of the molecule is CC1(C)CCCN1S(=O)(=O)c1cncc(Br)c1. The van der Waals surface area contributed by atoms with Crippen molar-refractivity contribution in [2.24, 2.45) is 0 Å². The molecule has 0 atom stereocenters. The van der Waals surface area contributed by atoms with Gasteiger partial charge < -0.3 is 0 Å². The van der Waals surface area contributed by atoms with Gasteiger partial charge in [-0.3, -0.25) is 4.98 Å². The van der Waals surface area contributed by atoms with Crippen LogP contribution < -0.4 is 0 Å². The summed E-state index contributed by atoms with van der Waals surface area (Å²) in [7, 11) is -3.43. The third kappa shape index (κ3) is 2.39. The minimum absolute atomic E-state index is 0.252. The molecule has 1 aromatic rings. The van der Waals surface area contributed by atoms with Gasteiger partial charge in [0.25, 0.3) is 0 Å². The lowest BCUT2D eigenvalue weighted by Crippen LogP contribution is -2.42. The summed E-state index contributed by atoms with van der Waals surface area (Å²) in [6, 6.07) is 1.59. The lowest BCUT2D eigenvalue weighted by Gasteiger charge is -2.30.